The highest BCUT2D eigenvalue weighted by Gasteiger charge is 2.30. The Morgan fingerprint density at radius 3 is 2.73 bits per heavy atom. The lowest BCUT2D eigenvalue weighted by atomic mass is 10.1. The molecule has 1 aliphatic rings. The van der Waals surface area contributed by atoms with Crippen molar-refractivity contribution in [3.8, 4) is 5.75 Å². The molecule has 0 spiro atoms. The van der Waals surface area contributed by atoms with Crippen LogP contribution in [0, 0.1) is 6.92 Å². The lowest BCUT2D eigenvalue weighted by molar-refractivity contribution is 0.0979. The Hall–Kier alpha value is -2.49. The van der Waals surface area contributed by atoms with Crippen LogP contribution in [0.4, 0.5) is 11.4 Å². The summed E-state index contributed by atoms with van der Waals surface area (Å²) in [4.78, 5) is 14.4. The number of carbonyl (C=O) groups is 1. The molecule has 1 aliphatic heterocycles. The van der Waals surface area contributed by atoms with Gasteiger partial charge >= 0.3 is 0 Å². The van der Waals surface area contributed by atoms with Crippen LogP contribution in [0.3, 0.4) is 0 Å². The number of amides is 1. The van der Waals surface area contributed by atoms with Gasteiger partial charge in [-0.25, -0.2) is 0 Å². The Morgan fingerprint density at radius 2 is 1.95 bits per heavy atom. The standard InChI is InChI=1S/C18H19N2O2/c1-12(2)22-15-8-6-7-14(11-15)20-13(3)19-17-10-5-4-9-16(17)18(20)21/h4-13,19H,3H2,1-2H3. The van der Waals surface area contributed by atoms with Gasteiger partial charge < -0.3 is 10.1 Å². The summed E-state index contributed by atoms with van der Waals surface area (Å²) in [5.74, 6) is 0.683. The van der Waals surface area contributed by atoms with E-state index in [0.717, 1.165) is 17.1 Å². The fourth-order valence-corrected chi connectivity index (χ4v) is 2.59. The monoisotopic (exact) mass is 295 g/mol. The zero-order valence-electron chi connectivity index (χ0n) is 12.7. The number of benzene rings is 2. The van der Waals surface area contributed by atoms with Gasteiger partial charge in [0.05, 0.1) is 11.7 Å². The molecule has 0 fully saturated rings. The second-order valence-corrected chi connectivity index (χ2v) is 5.54. The number of anilines is 2. The average molecular weight is 295 g/mol. The molecule has 4 nitrogen and oxygen atoms in total. The van der Waals surface area contributed by atoms with Crippen LogP contribution >= 0.6 is 0 Å². The Kier molecular flexibility index (Phi) is 3.75. The van der Waals surface area contributed by atoms with E-state index in [1.165, 1.54) is 0 Å². The van der Waals surface area contributed by atoms with E-state index in [4.69, 9.17) is 4.74 Å². The van der Waals surface area contributed by atoms with Crippen LogP contribution in [0.25, 0.3) is 0 Å². The highest BCUT2D eigenvalue weighted by atomic mass is 16.5. The van der Waals surface area contributed by atoms with E-state index in [0.29, 0.717) is 5.56 Å². The summed E-state index contributed by atoms with van der Waals surface area (Å²) in [7, 11) is 0. The number of hydrogen-bond acceptors (Lipinski definition) is 3. The Balaban J connectivity index is 1.96. The molecule has 2 aromatic rings. The highest BCUT2D eigenvalue weighted by Crippen LogP contribution is 2.31. The minimum atomic E-state index is -0.364. The second-order valence-electron chi connectivity index (χ2n) is 5.54. The lowest BCUT2D eigenvalue weighted by Crippen LogP contribution is -2.47. The minimum Gasteiger partial charge on any atom is -0.491 e. The number of nitrogens with zero attached hydrogens (tertiary/aromatic N) is 1. The van der Waals surface area contributed by atoms with Crippen molar-refractivity contribution in [1.82, 2.24) is 0 Å². The van der Waals surface area contributed by atoms with Crippen LogP contribution in [-0.4, -0.2) is 18.2 Å². The maximum Gasteiger partial charge on any atom is 0.262 e. The molecule has 2 aromatic carbocycles. The molecule has 113 valence electrons. The summed E-state index contributed by atoms with van der Waals surface area (Å²) in [5, 5.41) is 3.25. The van der Waals surface area contributed by atoms with Crippen molar-refractivity contribution >= 4 is 17.3 Å². The number of ether oxygens (including phenoxy) is 1. The van der Waals surface area contributed by atoms with Gasteiger partial charge in [0.2, 0.25) is 0 Å². The molecule has 3 rings (SSSR count). The maximum atomic E-state index is 12.8. The molecule has 4 heteroatoms. The van der Waals surface area contributed by atoms with Gasteiger partial charge in [-0.3, -0.25) is 9.69 Å². The Morgan fingerprint density at radius 1 is 1.18 bits per heavy atom. The molecule has 0 bridgehead atoms. The van der Waals surface area contributed by atoms with Crippen LogP contribution < -0.4 is 15.0 Å². The second kappa shape index (κ2) is 5.72. The van der Waals surface area contributed by atoms with Crippen LogP contribution in [-0.2, 0) is 0 Å². The van der Waals surface area contributed by atoms with Crippen LogP contribution in [0.5, 0.6) is 5.75 Å². The van der Waals surface area contributed by atoms with E-state index in [1.807, 2.05) is 62.4 Å². The van der Waals surface area contributed by atoms with E-state index in [9.17, 15) is 4.79 Å². The predicted octanol–water partition coefficient (Wildman–Crippen LogP) is 3.71. The normalized spacial score (nSPS) is 17.2. The highest BCUT2D eigenvalue weighted by molar-refractivity contribution is 6.12. The molecule has 0 aromatic heterocycles. The van der Waals surface area contributed by atoms with Gasteiger partial charge in [0.15, 0.2) is 0 Å². The Labute approximate surface area is 130 Å². The van der Waals surface area contributed by atoms with Crippen LogP contribution in [0.15, 0.2) is 48.5 Å². The summed E-state index contributed by atoms with van der Waals surface area (Å²) in [6, 6.07) is 15.0. The quantitative estimate of drug-likeness (QED) is 0.938. The first-order chi connectivity index (χ1) is 10.6. The maximum absolute atomic E-state index is 12.8. The first kappa shape index (κ1) is 14.4. The SMILES string of the molecule is [CH2]C1Nc2ccccc2C(=O)N1c1cccc(OC(C)C)c1. The van der Waals surface area contributed by atoms with E-state index >= 15 is 0 Å². The van der Waals surface area contributed by atoms with Crippen molar-refractivity contribution in [3.63, 3.8) is 0 Å². The van der Waals surface area contributed by atoms with Gasteiger partial charge in [0, 0.05) is 17.4 Å². The molecule has 0 saturated heterocycles. The summed E-state index contributed by atoms with van der Waals surface area (Å²) in [5.41, 5.74) is 2.24. The third-order valence-corrected chi connectivity index (χ3v) is 3.48. The van der Waals surface area contributed by atoms with Crippen molar-refractivity contribution in [1.29, 1.82) is 0 Å². The van der Waals surface area contributed by atoms with Gasteiger partial charge in [0.25, 0.3) is 5.91 Å². The number of para-hydroxylation sites is 1. The molecule has 0 saturated carbocycles. The van der Waals surface area contributed by atoms with E-state index in [-0.39, 0.29) is 18.2 Å². The summed E-state index contributed by atoms with van der Waals surface area (Å²) < 4.78 is 5.71. The zero-order valence-corrected chi connectivity index (χ0v) is 12.7. The third kappa shape index (κ3) is 2.64. The van der Waals surface area contributed by atoms with Gasteiger partial charge in [-0.1, -0.05) is 18.2 Å². The molecule has 1 unspecified atom stereocenters. The topological polar surface area (TPSA) is 41.6 Å². The van der Waals surface area contributed by atoms with E-state index in [2.05, 4.69) is 12.2 Å². The molecule has 1 N–H and O–H groups in total. The number of fused-ring (bicyclic) bond motifs is 1. The molecular weight excluding hydrogens is 276 g/mol. The fraction of sp³-hybridized carbons (Fsp3) is 0.222. The molecule has 1 atom stereocenters. The molecule has 1 radical (unpaired) electrons. The van der Waals surface area contributed by atoms with Gasteiger partial charge in [-0.05, 0) is 45.0 Å². The molecule has 1 amide bonds. The summed E-state index contributed by atoms with van der Waals surface area (Å²) in [6.07, 6.45) is -0.279. The fourth-order valence-electron chi connectivity index (χ4n) is 2.59. The smallest absolute Gasteiger partial charge is 0.262 e. The lowest BCUT2D eigenvalue weighted by Gasteiger charge is -2.35. The molecule has 22 heavy (non-hydrogen) atoms. The summed E-state index contributed by atoms with van der Waals surface area (Å²) >= 11 is 0. The largest absolute Gasteiger partial charge is 0.491 e. The predicted molar refractivity (Wildman–Crippen MR) is 88.2 cm³/mol. The minimum absolute atomic E-state index is 0.0592. The average Bonchev–Trinajstić information content (AvgIpc) is 2.47. The number of nitrogens with one attached hydrogen (secondary N) is 1. The van der Waals surface area contributed by atoms with Crippen molar-refractivity contribution in [2.45, 2.75) is 26.1 Å². The van der Waals surface area contributed by atoms with Gasteiger partial charge in [-0.15, -0.1) is 0 Å². The first-order valence-electron chi connectivity index (χ1n) is 7.35. The van der Waals surface area contributed by atoms with Crippen LogP contribution in [0.1, 0.15) is 24.2 Å². The number of hydrogen-bond donors (Lipinski definition) is 1. The summed E-state index contributed by atoms with van der Waals surface area (Å²) in [6.45, 7) is 7.99. The van der Waals surface area contributed by atoms with Crippen molar-refractivity contribution in [3.05, 3.63) is 61.0 Å². The first-order valence-corrected chi connectivity index (χ1v) is 7.35. The number of carbonyl (C=O) groups excluding carboxylic acids is 1. The van der Waals surface area contributed by atoms with Crippen molar-refractivity contribution < 1.29 is 9.53 Å². The molecular formula is C18H19N2O2. The third-order valence-electron chi connectivity index (χ3n) is 3.48. The number of rotatable bonds is 3. The van der Waals surface area contributed by atoms with Gasteiger partial charge in [-0.2, -0.15) is 0 Å². The van der Waals surface area contributed by atoms with E-state index < -0.39 is 0 Å². The Bertz CT molecular complexity index is 697. The molecule has 0 aliphatic carbocycles. The zero-order chi connectivity index (χ0) is 15.7. The van der Waals surface area contributed by atoms with Crippen molar-refractivity contribution in [2.24, 2.45) is 0 Å². The van der Waals surface area contributed by atoms with Crippen LogP contribution in [0.2, 0.25) is 0 Å². The van der Waals surface area contributed by atoms with Gasteiger partial charge in [0.1, 0.15) is 11.9 Å². The molecule has 1 heterocycles. The van der Waals surface area contributed by atoms with E-state index in [1.54, 1.807) is 4.90 Å². The van der Waals surface area contributed by atoms with Crippen molar-refractivity contribution in [2.75, 3.05) is 10.2 Å².